The Bertz CT molecular complexity index is 732. The van der Waals surface area contributed by atoms with E-state index in [9.17, 15) is 9.18 Å². The summed E-state index contributed by atoms with van der Waals surface area (Å²) in [5.74, 6) is 0.153. The number of hydrogen-bond acceptors (Lipinski definition) is 1. The van der Waals surface area contributed by atoms with Crippen LogP contribution >= 0.6 is 0 Å². The first-order chi connectivity index (χ1) is 12.1. The average Bonchev–Trinajstić information content (AvgIpc) is 3.45. The van der Waals surface area contributed by atoms with Crippen molar-refractivity contribution in [1.29, 1.82) is 0 Å². The number of carbonyl (C=O) groups is 1. The lowest BCUT2D eigenvalue weighted by molar-refractivity contribution is -0.117. The van der Waals surface area contributed by atoms with Crippen molar-refractivity contribution in [3.05, 3.63) is 83.2 Å². The van der Waals surface area contributed by atoms with Crippen LogP contribution in [-0.4, -0.2) is 5.91 Å². The Labute approximate surface area is 148 Å². The molecule has 0 saturated heterocycles. The second-order valence-electron chi connectivity index (χ2n) is 6.85. The Morgan fingerprint density at radius 2 is 1.84 bits per heavy atom. The zero-order chi connectivity index (χ0) is 17.6. The van der Waals surface area contributed by atoms with Crippen LogP contribution in [0.25, 0.3) is 0 Å². The van der Waals surface area contributed by atoms with E-state index < -0.39 is 0 Å². The van der Waals surface area contributed by atoms with Crippen LogP contribution in [0.3, 0.4) is 0 Å². The van der Waals surface area contributed by atoms with Gasteiger partial charge in [0.05, 0.1) is 6.04 Å². The summed E-state index contributed by atoms with van der Waals surface area (Å²) in [5, 5.41) is 3.11. The second-order valence-corrected chi connectivity index (χ2v) is 6.85. The van der Waals surface area contributed by atoms with Gasteiger partial charge in [-0.1, -0.05) is 48.0 Å². The van der Waals surface area contributed by atoms with Crippen molar-refractivity contribution in [2.24, 2.45) is 5.92 Å². The van der Waals surface area contributed by atoms with Gasteiger partial charge in [0.2, 0.25) is 5.91 Å². The minimum Gasteiger partial charge on any atom is -0.345 e. The molecule has 2 aromatic carbocycles. The molecule has 1 aliphatic carbocycles. The summed E-state index contributed by atoms with van der Waals surface area (Å²) in [7, 11) is 0. The predicted octanol–water partition coefficient (Wildman–Crippen LogP) is 4.97. The molecule has 0 radical (unpaired) electrons. The first kappa shape index (κ1) is 17.4. The van der Waals surface area contributed by atoms with Gasteiger partial charge in [0.15, 0.2) is 0 Å². The molecule has 1 atom stereocenters. The van der Waals surface area contributed by atoms with Gasteiger partial charge in [-0.25, -0.2) is 4.39 Å². The van der Waals surface area contributed by atoms with Gasteiger partial charge in [-0.3, -0.25) is 4.79 Å². The van der Waals surface area contributed by atoms with E-state index in [1.807, 2.05) is 25.1 Å². The number of halogens is 1. The smallest absolute Gasteiger partial charge is 0.244 e. The van der Waals surface area contributed by atoms with Crippen molar-refractivity contribution in [2.45, 2.75) is 38.6 Å². The van der Waals surface area contributed by atoms with Gasteiger partial charge >= 0.3 is 0 Å². The fourth-order valence-corrected chi connectivity index (χ4v) is 3.05. The van der Waals surface area contributed by atoms with Gasteiger partial charge in [0.1, 0.15) is 5.82 Å². The highest BCUT2D eigenvalue weighted by Gasteiger charge is 2.33. The summed E-state index contributed by atoms with van der Waals surface area (Å²) in [6, 6.07) is 16.7. The zero-order valence-electron chi connectivity index (χ0n) is 14.5. The molecule has 1 fully saturated rings. The average molecular weight is 337 g/mol. The van der Waals surface area contributed by atoms with Crippen LogP contribution in [0.1, 0.15) is 43.4 Å². The first-order valence-electron chi connectivity index (χ1n) is 8.89. The largest absolute Gasteiger partial charge is 0.345 e. The molecule has 1 amide bonds. The number of aryl methyl sites for hydroxylation is 1. The molecular weight excluding hydrogens is 313 g/mol. The monoisotopic (exact) mass is 337 g/mol. The van der Waals surface area contributed by atoms with Gasteiger partial charge in [0, 0.05) is 6.08 Å². The first-order valence-corrected chi connectivity index (χ1v) is 8.89. The summed E-state index contributed by atoms with van der Waals surface area (Å²) in [6.07, 6.45) is 5.71. The molecular formula is C22H24FNO. The number of benzene rings is 2. The molecule has 0 bridgehead atoms. The SMILES string of the molecule is C/C(=C\C(=O)NC(c1ccc(F)cc1)C1CC1)CCc1ccccc1. The number of amides is 1. The van der Waals surface area contributed by atoms with Crippen LogP contribution < -0.4 is 5.32 Å². The Morgan fingerprint density at radius 3 is 2.48 bits per heavy atom. The topological polar surface area (TPSA) is 29.1 Å². The van der Waals surface area contributed by atoms with E-state index in [1.54, 1.807) is 18.2 Å². The molecule has 2 aromatic rings. The molecule has 0 spiro atoms. The van der Waals surface area contributed by atoms with Crippen molar-refractivity contribution in [2.75, 3.05) is 0 Å². The van der Waals surface area contributed by atoms with Gasteiger partial charge < -0.3 is 5.32 Å². The number of nitrogens with one attached hydrogen (secondary N) is 1. The third-order valence-corrected chi connectivity index (χ3v) is 4.65. The molecule has 3 rings (SSSR count). The lowest BCUT2D eigenvalue weighted by Gasteiger charge is -2.18. The molecule has 130 valence electrons. The van der Waals surface area contributed by atoms with Crippen LogP contribution in [0.15, 0.2) is 66.2 Å². The summed E-state index contributed by atoms with van der Waals surface area (Å²) in [4.78, 5) is 12.4. The predicted molar refractivity (Wildman–Crippen MR) is 98.5 cm³/mol. The summed E-state index contributed by atoms with van der Waals surface area (Å²) in [6.45, 7) is 1.99. The van der Waals surface area contributed by atoms with Crippen LogP contribution in [0, 0.1) is 11.7 Å². The molecule has 0 heterocycles. The lowest BCUT2D eigenvalue weighted by atomic mass is 10.0. The number of carbonyl (C=O) groups excluding carboxylic acids is 1. The Kier molecular flexibility index (Phi) is 5.64. The standard InChI is InChI=1S/C22H24FNO/c1-16(7-8-17-5-3-2-4-6-17)15-21(25)24-22(18-9-10-18)19-11-13-20(23)14-12-19/h2-6,11-15,18,22H,7-10H2,1H3,(H,24,25)/b16-15+. The normalized spacial score (nSPS) is 15.7. The highest BCUT2D eigenvalue weighted by atomic mass is 19.1. The Hall–Kier alpha value is -2.42. The summed E-state index contributed by atoms with van der Waals surface area (Å²) in [5.41, 5.74) is 3.32. The number of allylic oxidation sites excluding steroid dienone is 1. The maximum Gasteiger partial charge on any atom is 0.244 e. The number of hydrogen-bond donors (Lipinski definition) is 1. The van der Waals surface area contributed by atoms with Crippen LogP contribution in [-0.2, 0) is 11.2 Å². The number of rotatable bonds is 7. The molecule has 3 heteroatoms. The van der Waals surface area contributed by atoms with Gasteiger partial charge in [0.25, 0.3) is 0 Å². The lowest BCUT2D eigenvalue weighted by Crippen LogP contribution is -2.28. The van der Waals surface area contributed by atoms with Gasteiger partial charge in [-0.05, 0) is 61.8 Å². The van der Waals surface area contributed by atoms with Crippen LogP contribution in [0.5, 0.6) is 0 Å². The molecule has 0 aromatic heterocycles. The molecule has 1 unspecified atom stereocenters. The van der Waals surface area contributed by atoms with Crippen molar-refractivity contribution < 1.29 is 9.18 Å². The summed E-state index contributed by atoms with van der Waals surface area (Å²) < 4.78 is 13.1. The third kappa shape index (κ3) is 5.28. The maximum absolute atomic E-state index is 13.1. The highest BCUT2D eigenvalue weighted by Crippen LogP contribution is 2.41. The van der Waals surface area contributed by atoms with E-state index >= 15 is 0 Å². The van der Waals surface area contributed by atoms with Crippen molar-refractivity contribution >= 4 is 5.91 Å². The van der Waals surface area contributed by atoms with E-state index in [1.165, 1.54) is 17.7 Å². The van der Waals surface area contributed by atoms with E-state index in [0.29, 0.717) is 5.92 Å². The maximum atomic E-state index is 13.1. The minimum atomic E-state index is -0.249. The zero-order valence-corrected chi connectivity index (χ0v) is 14.5. The Morgan fingerprint density at radius 1 is 1.16 bits per heavy atom. The highest BCUT2D eigenvalue weighted by molar-refractivity contribution is 5.88. The van der Waals surface area contributed by atoms with E-state index in [-0.39, 0.29) is 17.8 Å². The summed E-state index contributed by atoms with van der Waals surface area (Å²) >= 11 is 0. The molecule has 0 aliphatic heterocycles. The quantitative estimate of drug-likeness (QED) is 0.710. The van der Waals surface area contributed by atoms with Gasteiger partial charge in [-0.15, -0.1) is 0 Å². The molecule has 1 aliphatic rings. The Balaban J connectivity index is 1.58. The van der Waals surface area contributed by atoms with Gasteiger partial charge in [-0.2, -0.15) is 0 Å². The molecule has 1 saturated carbocycles. The third-order valence-electron chi connectivity index (χ3n) is 4.65. The molecule has 2 nitrogen and oxygen atoms in total. The van der Waals surface area contributed by atoms with E-state index in [2.05, 4.69) is 17.4 Å². The fourth-order valence-electron chi connectivity index (χ4n) is 3.05. The molecule has 1 N–H and O–H groups in total. The van der Waals surface area contributed by atoms with E-state index in [0.717, 1.165) is 36.8 Å². The fraction of sp³-hybridized carbons (Fsp3) is 0.318. The van der Waals surface area contributed by atoms with Crippen molar-refractivity contribution in [3.8, 4) is 0 Å². The van der Waals surface area contributed by atoms with Crippen LogP contribution in [0.4, 0.5) is 4.39 Å². The van der Waals surface area contributed by atoms with Crippen LogP contribution in [0.2, 0.25) is 0 Å². The van der Waals surface area contributed by atoms with E-state index in [4.69, 9.17) is 0 Å². The second kappa shape index (κ2) is 8.11. The van der Waals surface area contributed by atoms with Crippen molar-refractivity contribution in [3.63, 3.8) is 0 Å². The molecule has 25 heavy (non-hydrogen) atoms. The minimum absolute atomic E-state index is 0.0220. The van der Waals surface area contributed by atoms with Crippen molar-refractivity contribution in [1.82, 2.24) is 5.32 Å².